The van der Waals surface area contributed by atoms with Crippen LogP contribution in [-0.4, -0.2) is 51.1 Å². The molecule has 2 N–H and O–H groups in total. The standard InChI is InChI=1S/C32H30N6O3.C2H6/c1-32(2)40-20-25(41-32)19-36-31(39)23-15-22(16-33-17-23)29-27-13-8-12-26(21-9-4-3-5-10-21)28(27)30(38-37-29)35-18-24-11-6-7-14-34-24;1-2/h3-17,25H,18-20H2,1-2H3,(H,35,38)(H,36,39);1-2H3. The van der Waals surface area contributed by atoms with Gasteiger partial charge in [0.25, 0.3) is 5.91 Å². The third-order valence-corrected chi connectivity index (χ3v) is 6.89. The number of aromatic nitrogens is 4. The van der Waals surface area contributed by atoms with E-state index in [0.29, 0.717) is 42.3 Å². The molecule has 0 radical (unpaired) electrons. The van der Waals surface area contributed by atoms with Crippen molar-refractivity contribution in [1.29, 1.82) is 0 Å². The topological polar surface area (TPSA) is 111 Å². The summed E-state index contributed by atoms with van der Waals surface area (Å²) in [4.78, 5) is 21.8. The number of pyridine rings is 2. The van der Waals surface area contributed by atoms with Gasteiger partial charge in [-0.25, -0.2) is 0 Å². The second kappa shape index (κ2) is 13.5. The van der Waals surface area contributed by atoms with Gasteiger partial charge in [0.1, 0.15) is 11.8 Å². The van der Waals surface area contributed by atoms with Gasteiger partial charge >= 0.3 is 0 Å². The van der Waals surface area contributed by atoms with Crippen LogP contribution in [0.5, 0.6) is 0 Å². The molecule has 0 bridgehead atoms. The van der Waals surface area contributed by atoms with Crippen LogP contribution < -0.4 is 10.6 Å². The number of nitrogens with one attached hydrogen (secondary N) is 2. The molecule has 220 valence electrons. The van der Waals surface area contributed by atoms with Crippen molar-refractivity contribution in [3.05, 3.63) is 103 Å². The molecule has 0 saturated carbocycles. The highest BCUT2D eigenvalue weighted by Crippen LogP contribution is 2.37. The van der Waals surface area contributed by atoms with E-state index in [1.165, 1.54) is 0 Å². The Hall–Kier alpha value is -4.73. The smallest absolute Gasteiger partial charge is 0.252 e. The summed E-state index contributed by atoms with van der Waals surface area (Å²) in [6, 6.07) is 23.9. The van der Waals surface area contributed by atoms with Crippen molar-refractivity contribution in [2.24, 2.45) is 0 Å². The summed E-state index contributed by atoms with van der Waals surface area (Å²) >= 11 is 0. The quantitative estimate of drug-likeness (QED) is 0.222. The second-order valence-corrected chi connectivity index (χ2v) is 10.3. The highest BCUT2D eigenvalue weighted by molar-refractivity contribution is 6.08. The van der Waals surface area contributed by atoms with Crippen molar-refractivity contribution in [3.63, 3.8) is 0 Å². The first kappa shape index (κ1) is 29.8. The molecular weight excluding hydrogens is 540 g/mol. The van der Waals surface area contributed by atoms with Crippen molar-refractivity contribution >= 4 is 22.5 Å². The molecule has 9 nitrogen and oxygen atoms in total. The average Bonchev–Trinajstić information content (AvgIpc) is 3.42. The van der Waals surface area contributed by atoms with Crippen LogP contribution in [0, 0.1) is 0 Å². The first-order valence-corrected chi connectivity index (χ1v) is 14.5. The van der Waals surface area contributed by atoms with E-state index in [1.807, 2.05) is 76.2 Å². The predicted molar refractivity (Wildman–Crippen MR) is 168 cm³/mol. The van der Waals surface area contributed by atoms with Crippen molar-refractivity contribution in [1.82, 2.24) is 25.5 Å². The lowest BCUT2D eigenvalue weighted by Gasteiger charge is -2.17. The predicted octanol–water partition coefficient (Wildman–Crippen LogP) is 6.27. The number of carbonyl (C=O) groups is 1. The zero-order valence-electron chi connectivity index (χ0n) is 24.9. The van der Waals surface area contributed by atoms with Gasteiger partial charge in [-0.05, 0) is 43.2 Å². The first-order chi connectivity index (χ1) is 21.0. The number of hydrogen-bond acceptors (Lipinski definition) is 8. The van der Waals surface area contributed by atoms with Gasteiger partial charge in [0, 0.05) is 41.5 Å². The SMILES string of the molecule is CC.CC1(C)OCC(CNC(=O)c2cncc(-c3nnc(NCc4ccccn4)c4c(-c5ccccc5)cccc34)c2)O1. The van der Waals surface area contributed by atoms with E-state index >= 15 is 0 Å². The third kappa shape index (κ3) is 7.02. The maximum absolute atomic E-state index is 13.0. The number of ether oxygens (including phenoxy) is 2. The number of fused-ring (bicyclic) bond motifs is 1. The molecule has 0 aliphatic carbocycles. The molecule has 0 spiro atoms. The van der Waals surface area contributed by atoms with E-state index < -0.39 is 5.79 Å². The summed E-state index contributed by atoms with van der Waals surface area (Å²) in [6.07, 6.45) is 4.81. The van der Waals surface area contributed by atoms with E-state index in [2.05, 4.69) is 49.0 Å². The molecule has 1 aliphatic heterocycles. The van der Waals surface area contributed by atoms with Gasteiger partial charge < -0.3 is 20.1 Å². The van der Waals surface area contributed by atoms with Crippen molar-refractivity contribution in [2.75, 3.05) is 18.5 Å². The van der Waals surface area contributed by atoms with Crippen molar-refractivity contribution in [3.8, 4) is 22.4 Å². The van der Waals surface area contributed by atoms with Crippen molar-refractivity contribution < 1.29 is 14.3 Å². The minimum absolute atomic E-state index is 0.206. The molecule has 3 aromatic heterocycles. The summed E-state index contributed by atoms with van der Waals surface area (Å²) in [6.45, 7) is 8.98. The van der Waals surface area contributed by atoms with Gasteiger partial charge in [0.05, 0.1) is 24.4 Å². The molecule has 1 atom stereocenters. The van der Waals surface area contributed by atoms with E-state index in [0.717, 1.165) is 27.6 Å². The van der Waals surface area contributed by atoms with Gasteiger partial charge in [0.15, 0.2) is 11.6 Å². The Balaban J connectivity index is 0.00000180. The second-order valence-electron chi connectivity index (χ2n) is 10.3. The van der Waals surface area contributed by atoms with Crippen LogP contribution in [0.1, 0.15) is 43.7 Å². The Kier molecular flexibility index (Phi) is 9.34. The monoisotopic (exact) mass is 576 g/mol. The number of carbonyl (C=O) groups excluding carboxylic acids is 1. The fraction of sp³-hybridized carbons (Fsp3) is 0.265. The molecule has 5 aromatic rings. The molecule has 1 unspecified atom stereocenters. The summed E-state index contributed by atoms with van der Waals surface area (Å²) in [5.41, 5.74) is 4.73. The zero-order valence-corrected chi connectivity index (χ0v) is 24.9. The van der Waals surface area contributed by atoms with Crippen LogP contribution in [0.4, 0.5) is 5.82 Å². The lowest BCUT2D eigenvalue weighted by Crippen LogP contribution is -2.34. The van der Waals surface area contributed by atoms with Gasteiger partial charge in [-0.1, -0.05) is 68.4 Å². The van der Waals surface area contributed by atoms with Crippen LogP contribution in [0.25, 0.3) is 33.2 Å². The first-order valence-electron chi connectivity index (χ1n) is 14.5. The minimum atomic E-state index is -0.645. The summed E-state index contributed by atoms with van der Waals surface area (Å²) in [5, 5.41) is 17.4. The average molecular weight is 577 g/mol. The molecular formula is C34H36N6O3. The van der Waals surface area contributed by atoms with Crippen LogP contribution in [-0.2, 0) is 16.0 Å². The summed E-state index contributed by atoms with van der Waals surface area (Å²) < 4.78 is 11.4. The Morgan fingerprint density at radius 1 is 0.953 bits per heavy atom. The Morgan fingerprint density at radius 3 is 2.51 bits per heavy atom. The Bertz CT molecular complexity index is 1680. The highest BCUT2D eigenvalue weighted by atomic mass is 16.7. The molecule has 6 rings (SSSR count). The van der Waals surface area contributed by atoms with Gasteiger partial charge in [-0.3, -0.25) is 14.8 Å². The number of nitrogens with zero attached hydrogens (tertiary/aromatic N) is 4. The number of amides is 1. The molecule has 1 fully saturated rings. The van der Waals surface area contributed by atoms with E-state index in [4.69, 9.17) is 9.47 Å². The van der Waals surface area contributed by atoms with Crippen LogP contribution >= 0.6 is 0 Å². The number of hydrogen-bond donors (Lipinski definition) is 2. The Morgan fingerprint density at radius 2 is 1.77 bits per heavy atom. The van der Waals surface area contributed by atoms with E-state index in [1.54, 1.807) is 24.7 Å². The molecule has 1 aliphatic rings. The largest absolute Gasteiger partial charge is 0.362 e. The highest BCUT2D eigenvalue weighted by Gasteiger charge is 2.32. The number of benzene rings is 2. The van der Waals surface area contributed by atoms with E-state index in [9.17, 15) is 4.79 Å². The van der Waals surface area contributed by atoms with Gasteiger partial charge in [-0.2, -0.15) is 0 Å². The van der Waals surface area contributed by atoms with Crippen molar-refractivity contribution in [2.45, 2.75) is 46.1 Å². The fourth-order valence-corrected chi connectivity index (χ4v) is 4.95. The van der Waals surface area contributed by atoms with Gasteiger partial charge in [-0.15, -0.1) is 10.2 Å². The molecule has 4 heterocycles. The minimum Gasteiger partial charge on any atom is -0.362 e. The lowest BCUT2D eigenvalue weighted by atomic mass is 9.96. The van der Waals surface area contributed by atoms with Crippen LogP contribution in [0.15, 0.2) is 91.4 Å². The number of anilines is 1. The molecule has 1 saturated heterocycles. The maximum atomic E-state index is 13.0. The summed E-state index contributed by atoms with van der Waals surface area (Å²) in [7, 11) is 0. The molecule has 43 heavy (non-hydrogen) atoms. The molecule has 1 amide bonds. The van der Waals surface area contributed by atoms with Crippen LogP contribution in [0.3, 0.4) is 0 Å². The molecule has 2 aromatic carbocycles. The fourth-order valence-electron chi connectivity index (χ4n) is 4.95. The molecule has 9 heteroatoms. The third-order valence-electron chi connectivity index (χ3n) is 6.89. The maximum Gasteiger partial charge on any atom is 0.252 e. The van der Waals surface area contributed by atoms with Crippen LogP contribution in [0.2, 0.25) is 0 Å². The lowest BCUT2D eigenvalue weighted by molar-refractivity contribution is -0.137. The van der Waals surface area contributed by atoms with E-state index in [-0.39, 0.29) is 12.0 Å². The van der Waals surface area contributed by atoms with Gasteiger partial charge in [0.2, 0.25) is 0 Å². The zero-order chi connectivity index (χ0) is 30.2. The summed E-state index contributed by atoms with van der Waals surface area (Å²) in [5.74, 6) is -0.241. The normalized spacial score (nSPS) is 15.4. The number of rotatable bonds is 8. The Labute approximate surface area is 251 Å².